The minimum absolute atomic E-state index is 0.535. The zero-order valence-corrected chi connectivity index (χ0v) is 17.2. The summed E-state index contributed by atoms with van der Waals surface area (Å²) >= 11 is 0. The molecular weight excluding hydrogens is 360 g/mol. The predicted molar refractivity (Wildman–Crippen MR) is 114 cm³/mol. The number of fused-ring (bicyclic) bond motifs is 6. The summed E-state index contributed by atoms with van der Waals surface area (Å²) in [5.41, 5.74) is 6.78. The van der Waals surface area contributed by atoms with E-state index in [0.717, 1.165) is 12.0 Å². The molecule has 4 nitrogen and oxygen atoms in total. The molecule has 2 unspecified atom stereocenters. The summed E-state index contributed by atoms with van der Waals surface area (Å²) in [7, 11) is 2.30. The lowest BCUT2D eigenvalue weighted by molar-refractivity contribution is -0.175. The lowest BCUT2D eigenvalue weighted by Crippen LogP contribution is -2.37. The number of aromatic nitrogens is 1. The molecule has 1 aromatic heterocycles. The van der Waals surface area contributed by atoms with Gasteiger partial charge in [0.15, 0.2) is 0 Å². The van der Waals surface area contributed by atoms with Crippen LogP contribution >= 0.6 is 0 Å². The van der Waals surface area contributed by atoms with E-state index in [1.54, 1.807) is 5.56 Å². The first-order valence-electron chi connectivity index (χ1n) is 10.8. The van der Waals surface area contributed by atoms with Gasteiger partial charge in [-0.3, -0.25) is 4.90 Å². The van der Waals surface area contributed by atoms with Crippen LogP contribution in [0.4, 0.5) is 0 Å². The quantitative estimate of drug-likeness (QED) is 0.659. The monoisotopic (exact) mass is 388 g/mol. The van der Waals surface area contributed by atoms with Gasteiger partial charge in [0.1, 0.15) is 0 Å². The van der Waals surface area contributed by atoms with E-state index in [1.165, 1.54) is 35.0 Å². The molecule has 2 aromatic carbocycles. The summed E-state index contributed by atoms with van der Waals surface area (Å²) in [6.45, 7) is 4.18. The van der Waals surface area contributed by atoms with Gasteiger partial charge in [0.2, 0.25) is 5.79 Å². The first-order valence-corrected chi connectivity index (χ1v) is 10.8. The van der Waals surface area contributed by atoms with Crippen LogP contribution in [0.1, 0.15) is 41.3 Å². The van der Waals surface area contributed by atoms with E-state index in [4.69, 9.17) is 9.47 Å². The van der Waals surface area contributed by atoms with Crippen molar-refractivity contribution >= 4 is 10.9 Å². The Morgan fingerprint density at radius 3 is 2.62 bits per heavy atom. The van der Waals surface area contributed by atoms with Gasteiger partial charge in [0.05, 0.1) is 19.8 Å². The molecule has 150 valence electrons. The number of likely N-dealkylation sites (N-methyl/N-ethyl adjacent to an activating group) is 1. The van der Waals surface area contributed by atoms with Crippen molar-refractivity contribution in [2.45, 2.75) is 50.6 Å². The van der Waals surface area contributed by atoms with Crippen LogP contribution in [-0.4, -0.2) is 35.8 Å². The van der Waals surface area contributed by atoms with E-state index in [0.29, 0.717) is 31.8 Å². The highest BCUT2D eigenvalue weighted by atomic mass is 16.7. The topological polar surface area (TPSA) is 26.6 Å². The van der Waals surface area contributed by atoms with Crippen molar-refractivity contribution in [3.8, 4) is 0 Å². The number of benzene rings is 2. The molecule has 0 amide bonds. The molecular formula is C25H28N2O2. The van der Waals surface area contributed by atoms with Gasteiger partial charge in [-0.1, -0.05) is 42.0 Å². The Morgan fingerprint density at radius 2 is 1.83 bits per heavy atom. The zero-order valence-electron chi connectivity index (χ0n) is 17.2. The average Bonchev–Trinajstić information content (AvgIpc) is 3.38. The van der Waals surface area contributed by atoms with Crippen molar-refractivity contribution in [2.75, 3.05) is 20.3 Å². The minimum Gasteiger partial charge on any atom is -0.342 e. The van der Waals surface area contributed by atoms with Crippen LogP contribution in [0.3, 0.4) is 0 Å². The van der Waals surface area contributed by atoms with Crippen LogP contribution in [0, 0.1) is 6.92 Å². The van der Waals surface area contributed by atoms with Crippen molar-refractivity contribution in [3.05, 3.63) is 70.9 Å². The number of nitrogens with zero attached hydrogens (tertiary/aromatic N) is 2. The van der Waals surface area contributed by atoms with E-state index >= 15 is 0 Å². The third-order valence-corrected chi connectivity index (χ3v) is 7.31. The molecule has 4 heterocycles. The van der Waals surface area contributed by atoms with Gasteiger partial charge >= 0.3 is 0 Å². The van der Waals surface area contributed by atoms with Gasteiger partial charge in [-0.2, -0.15) is 0 Å². The molecule has 0 N–H and O–H groups in total. The zero-order chi connectivity index (χ0) is 19.6. The van der Waals surface area contributed by atoms with Crippen LogP contribution in [0.25, 0.3) is 10.9 Å². The van der Waals surface area contributed by atoms with E-state index in [1.807, 2.05) is 0 Å². The third-order valence-electron chi connectivity index (χ3n) is 7.31. The molecule has 3 aliphatic rings. The highest BCUT2D eigenvalue weighted by Gasteiger charge is 2.44. The first kappa shape index (κ1) is 17.7. The van der Waals surface area contributed by atoms with Crippen LogP contribution in [0.2, 0.25) is 0 Å². The Morgan fingerprint density at radius 1 is 1.03 bits per heavy atom. The third kappa shape index (κ3) is 2.56. The van der Waals surface area contributed by atoms with Crippen LogP contribution in [0.5, 0.6) is 0 Å². The largest absolute Gasteiger partial charge is 0.342 e. The summed E-state index contributed by atoms with van der Waals surface area (Å²) in [5.74, 6) is -0.700. The first-order chi connectivity index (χ1) is 14.2. The number of aryl methyl sites for hydroxylation is 1. The maximum absolute atomic E-state index is 6.30. The smallest absolute Gasteiger partial charge is 0.213 e. The molecule has 0 radical (unpaired) electrons. The van der Waals surface area contributed by atoms with Gasteiger partial charge in [-0.25, -0.2) is 0 Å². The molecule has 2 saturated heterocycles. The molecule has 2 bridgehead atoms. The fourth-order valence-corrected chi connectivity index (χ4v) is 5.85. The Bertz CT molecular complexity index is 1070. The molecule has 2 fully saturated rings. The van der Waals surface area contributed by atoms with Gasteiger partial charge in [0, 0.05) is 40.7 Å². The fourth-order valence-electron chi connectivity index (χ4n) is 5.85. The molecule has 3 aliphatic heterocycles. The number of hydrogen-bond acceptors (Lipinski definition) is 3. The van der Waals surface area contributed by atoms with Gasteiger partial charge in [-0.05, 0) is 44.5 Å². The normalized spacial score (nSPS) is 25.6. The van der Waals surface area contributed by atoms with Crippen LogP contribution < -0.4 is 0 Å². The van der Waals surface area contributed by atoms with Crippen LogP contribution in [0.15, 0.2) is 48.5 Å². The Kier molecular flexibility index (Phi) is 3.92. The molecule has 0 saturated carbocycles. The van der Waals surface area contributed by atoms with E-state index < -0.39 is 5.79 Å². The van der Waals surface area contributed by atoms with E-state index in [-0.39, 0.29) is 0 Å². The fraction of sp³-hybridized carbons (Fsp3) is 0.440. The second-order valence-corrected chi connectivity index (χ2v) is 8.90. The summed E-state index contributed by atoms with van der Waals surface area (Å²) in [6.07, 6.45) is 3.67. The number of hydrogen-bond donors (Lipinski definition) is 0. The molecule has 6 rings (SSSR count). The summed E-state index contributed by atoms with van der Waals surface area (Å²) in [5, 5.41) is 1.42. The summed E-state index contributed by atoms with van der Waals surface area (Å²) in [4.78, 5) is 2.60. The summed E-state index contributed by atoms with van der Waals surface area (Å²) in [6, 6.07) is 18.5. The van der Waals surface area contributed by atoms with Crippen molar-refractivity contribution < 1.29 is 9.47 Å². The SMILES string of the molecule is Cc1ccc2c(c1)c1c(n2CC2(c3ccccc3)OCCO2)CC2CCC1N2C. The van der Waals surface area contributed by atoms with E-state index in [2.05, 4.69) is 72.0 Å². The predicted octanol–water partition coefficient (Wildman–Crippen LogP) is 4.54. The Balaban J connectivity index is 1.55. The van der Waals surface area contributed by atoms with Crippen molar-refractivity contribution in [3.63, 3.8) is 0 Å². The van der Waals surface area contributed by atoms with Gasteiger partial charge < -0.3 is 14.0 Å². The van der Waals surface area contributed by atoms with Gasteiger partial charge in [0.25, 0.3) is 0 Å². The molecule has 3 aromatic rings. The minimum atomic E-state index is -0.700. The standard InChI is InChI=1S/C25H28N2O2/c1-17-8-10-21-20(14-17)24-22-11-9-19(26(22)2)15-23(24)27(21)16-25(28-12-13-29-25)18-6-4-3-5-7-18/h3-8,10,14,19,22H,9,11-13,15-16H2,1-2H3. The van der Waals surface area contributed by atoms with Crippen molar-refractivity contribution in [2.24, 2.45) is 0 Å². The highest BCUT2D eigenvalue weighted by molar-refractivity contribution is 5.87. The average molecular weight is 389 g/mol. The maximum atomic E-state index is 6.30. The Hall–Kier alpha value is -2.14. The Labute approximate surface area is 172 Å². The molecule has 0 spiro atoms. The molecule has 29 heavy (non-hydrogen) atoms. The lowest BCUT2D eigenvalue weighted by Gasteiger charge is -2.34. The lowest BCUT2D eigenvalue weighted by atomic mass is 9.97. The van der Waals surface area contributed by atoms with Gasteiger partial charge in [-0.15, -0.1) is 0 Å². The molecule has 0 aliphatic carbocycles. The molecule has 4 heteroatoms. The highest BCUT2D eigenvalue weighted by Crippen LogP contribution is 2.48. The number of ether oxygens (including phenoxy) is 2. The van der Waals surface area contributed by atoms with Crippen molar-refractivity contribution in [1.29, 1.82) is 0 Å². The number of rotatable bonds is 3. The summed E-state index contributed by atoms with van der Waals surface area (Å²) < 4.78 is 15.1. The second kappa shape index (κ2) is 6.43. The van der Waals surface area contributed by atoms with E-state index in [9.17, 15) is 0 Å². The van der Waals surface area contributed by atoms with Crippen LogP contribution in [-0.2, 0) is 28.2 Å². The second-order valence-electron chi connectivity index (χ2n) is 8.90. The molecule has 2 atom stereocenters. The maximum Gasteiger partial charge on any atom is 0.213 e. The van der Waals surface area contributed by atoms with Crippen molar-refractivity contribution in [1.82, 2.24) is 9.47 Å².